The molecule has 4 nitrogen and oxygen atoms in total. The highest BCUT2D eigenvalue weighted by Gasteiger charge is 2.42. The van der Waals surface area contributed by atoms with Crippen LogP contribution >= 0.6 is 0 Å². The third-order valence-corrected chi connectivity index (χ3v) is 5.84. The van der Waals surface area contributed by atoms with Gasteiger partial charge in [-0.25, -0.2) is 4.39 Å². The SMILES string of the molecule is CCN=C(NC1CC1c1ccccc1F)N1CCC(N2CCCC2)C1. The molecule has 0 amide bonds. The summed E-state index contributed by atoms with van der Waals surface area (Å²) < 4.78 is 14.0. The van der Waals surface area contributed by atoms with Gasteiger partial charge in [0.1, 0.15) is 5.82 Å². The number of rotatable bonds is 4. The fourth-order valence-electron chi connectivity index (χ4n) is 4.37. The summed E-state index contributed by atoms with van der Waals surface area (Å²) in [6.07, 6.45) is 4.91. The van der Waals surface area contributed by atoms with Gasteiger partial charge < -0.3 is 10.2 Å². The Balaban J connectivity index is 1.37. The van der Waals surface area contributed by atoms with E-state index in [1.54, 1.807) is 12.1 Å². The number of hydrogen-bond acceptors (Lipinski definition) is 2. The molecule has 1 N–H and O–H groups in total. The van der Waals surface area contributed by atoms with E-state index in [0.717, 1.165) is 37.6 Å². The number of hydrogen-bond donors (Lipinski definition) is 1. The summed E-state index contributed by atoms with van der Waals surface area (Å²) in [6.45, 7) is 7.52. The molecule has 2 heterocycles. The van der Waals surface area contributed by atoms with Gasteiger partial charge in [0.2, 0.25) is 0 Å². The van der Waals surface area contributed by atoms with E-state index in [2.05, 4.69) is 22.0 Å². The topological polar surface area (TPSA) is 30.9 Å². The second-order valence-electron chi connectivity index (χ2n) is 7.54. The number of guanidine groups is 1. The molecule has 25 heavy (non-hydrogen) atoms. The normalized spacial score (nSPS) is 30.1. The number of benzene rings is 1. The first-order valence-electron chi connectivity index (χ1n) is 9.80. The molecule has 3 atom stereocenters. The van der Waals surface area contributed by atoms with Crippen molar-refractivity contribution in [2.24, 2.45) is 4.99 Å². The van der Waals surface area contributed by atoms with Crippen LogP contribution in [0.4, 0.5) is 4.39 Å². The Morgan fingerprint density at radius 2 is 2.04 bits per heavy atom. The molecule has 3 aliphatic rings. The summed E-state index contributed by atoms with van der Waals surface area (Å²) in [7, 11) is 0. The fraction of sp³-hybridized carbons (Fsp3) is 0.650. The molecule has 1 aromatic rings. The van der Waals surface area contributed by atoms with Crippen LogP contribution in [0.15, 0.2) is 29.3 Å². The Hall–Kier alpha value is -1.62. The van der Waals surface area contributed by atoms with Crippen molar-refractivity contribution in [2.45, 2.75) is 50.6 Å². The van der Waals surface area contributed by atoms with Crippen LogP contribution in [0.2, 0.25) is 0 Å². The maximum atomic E-state index is 14.0. The summed E-state index contributed by atoms with van der Waals surface area (Å²) in [5.74, 6) is 1.22. The van der Waals surface area contributed by atoms with E-state index >= 15 is 0 Å². The van der Waals surface area contributed by atoms with E-state index in [0.29, 0.717) is 12.1 Å². The minimum atomic E-state index is -0.0824. The lowest BCUT2D eigenvalue weighted by atomic mass is 10.1. The number of halogens is 1. The van der Waals surface area contributed by atoms with Gasteiger partial charge in [0, 0.05) is 37.6 Å². The third kappa shape index (κ3) is 3.66. The van der Waals surface area contributed by atoms with Crippen molar-refractivity contribution in [1.29, 1.82) is 0 Å². The minimum absolute atomic E-state index is 0.0824. The van der Waals surface area contributed by atoms with E-state index in [1.165, 1.54) is 32.4 Å². The van der Waals surface area contributed by atoms with Gasteiger partial charge in [0.05, 0.1) is 0 Å². The van der Waals surface area contributed by atoms with Crippen molar-refractivity contribution >= 4 is 5.96 Å². The van der Waals surface area contributed by atoms with Crippen molar-refractivity contribution in [3.63, 3.8) is 0 Å². The number of nitrogens with one attached hydrogen (secondary N) is 1. The standard InChI is InChI=1S/C20H29FN4/c1-2-22-20(25-12-9-15(14-25)24-10-5-6-11-24)23-19-13-17(19)16-7-3-4-8-18(16)21/h3-4,7-8,15,17,19H,2,5-6,9-14H2,1H3,(H,22,23). The van der Waals surface area contributed by atoms with Gasteiger partial charge in [0.15, 0.2) is 5.96 Å². The van der Waals surface area contributed by atoms with E-state index in [-0.39, 0.29) is 11.7 Å². The van der Waals surface area contributed by atoms with Crippen LogP contribution in [0.3, 0.4) is 0 Å². The van der Waals surface area contributed by atoms with E-state index in [1.807, 2.05) is 12.1 Å². The monoisotopic (exact) mass is 344 g/mol. The van der Waals surface area contributed by atoms with Gasteiger partial charge in [-0.05, 0) is 57.3 Å². The third-order valence-electron chi connectivity index (χ3n) is 5.84. The molecule has 3 fully saturated rings. The second-order valence-corrected chi connectivity index (χ2v) is 7.54. The van der Waals surface area contributed by atoms with E-state index in [4.69, 9.17) is 4.99 Å². The number of likely N-dealkylation sites (tertiary alicyclic amines) is 2. The Morgan fingerprint density at radius 1 is 1.24 bits per heavy atom. The molecule has 0 aromatic heterocycles. The zero-order valence-corrected chi connectivity index (χ0v) is 15.1. The van der Waals surface area contributed by atoms with Gasteiger partial charge in [-0.3, -0.25) is 9.89 Å². The van der Waals surface area contributed by atoms with Crippen LogP contribution in [0, 0.1) is 5.82 Å². The Labute approximate surface area is 150 Å². The average Bonchev–Trinajstić information content (AvgIpc) is 3.05. The van der Waals surface area contributed by atoms with Gasteiger partial charge in [-0.2, -0.15) is 0 Å². The van der Waals surface area contributed by atoms with Crippen molar-refractivity contribution in [3.8, 4) is 0 Å². The molecule has 5 heteroatoms. The van der Waals surface area contributed by atoms with Crippen LogP contribution in [0.1, 0.15) is 44.1 Å². The predicted octanol–water partition coefficient (Wildman–Crippen LogP) is 2.82. The van der Waals surface area contributed by atoms with Crippen molar-refractivity contribution in [3.05, 3.63) is 35.6 Å². The largest absolute Gasteiger partial charge is 0.353 e. The smallest absolute Gasteiger partial charge is 0.194 e. The first-order chi connectivity index (χ1) is 12.3. The minimum Gasteiger partial charge on any atom is -0.353 e. The molecule has 2 saturated heterocycles. The maximum Gasteiger partial charge on any atom is 0.194 e. The van der Waals surface area contributed by atoms with Gasteiger partial charge in [0.25, 0.3) is 0 Å². The van der Waals surface area contributed by atoms with Gasteiger partial charge >= 0.3 is 0 Å². The summed E-state index contributed by atoms with van der Waals surface area (Å²) >= 11 is 0. The van der Waals surface area contributed by atoms with Crippen LogP contribution in [0.5, 0.6) is 0 Å². The van der Waals surface area contributed by atoms with Crippen LogP contribution in [-0.2, 0) is 0 Å². The molecule has 1 aromatic carbocycles. The Morgan fingerprint density at radius 3 is 2.80 bits per heavy atom. The van der Waals surface area contributed by atoms with E-state index < -0.39 is 0 Å². The van der Waals surface area contributed by atoms with Crippen molar-refractivity contribution < 1.29 is 4.39 Å². The fourth-order valence-corrected chi connectivity index (χ4v) is 4.37. The van der Waals surface area contributed by atoms with E-state index in [9.17, 15) is 4.39 Å². The first-order valence-corrected chi connectivity index (χ1v) is 9.80. The number of nitrogens with zero attached hydrogens (tertiary/aromatic N) is 3. The molecule has 4 rings (SSSR count). The molecule has 0 bridgehead atoms. The first kappa shape index (κ1) is 16.8. The van der Waals surface area contributed by atoms with Crippen LogP contribution < -0.4 is 5.32 Å². The molecule has 1 aliphatic carbocycles. The lowest BCUT2D eigenvalue weighted by Gasteiger charge is -2.25. The van der Waals surface area contributed by atoms with Gasteiger partial charge in [-0.1, -0.05) is 18.2 Å². The van der Waals surface area contributed by atoms with Crippen molar-refractivity contribution in [2.75, 3.05) is 32.7 Å². The zero-order chi connectivity index (χ0) is 17.2. The molecular formula is C20H29FN4. The Bertz CT molecular complexity index is 626. The molecule has 1 saturated carbocycles. The number of aliphatic imine (C=N–C) groups is 1. The summed E-state index contributed by atoms with van der Waals surface area (Å²) in [4.78, 5) is 9.76. The van der Waals surface area contributed by atoms with Crippen LogP contribution in [-0.4, -0.2) is 60.6 Å². The predicted molar refractivity (Wildman–Crippen MR) is 99.4 cm³/mol. The second kappa shape index (κ2) is 7.32. The average molecular weight is 344 g/mol. The lowest BCUT2D eigenvalue weighted by Crippen LogP contribution is -2.43. The quantitative estimate of drug-likeness (QED) is 0.673. The van der Waals surface area contributed by atoms with Gasteiger partial charge in [-0.15, -0.1) is 0 Å². The molecule has 3 unspecified atom stereocenters. The van der Waals surface area contributed by atoms with Crippen molar-refractivity contribution in [1.82, 2.24) is 15.1 Å². The highest BCUT2D eigenvalue weighted by molar-refractivity contribution is 5.81. The molecule has 0 radical (unpaired) electrons. The highest BCUT2D eigenvalue weighted by Crippen LogP contribution is 2.42. The summed E-state index contributed by atoms with van der Waals surface area (Å²) in [6, 6.07) is 8.15. The molecular weight excluding hydrogens is 315 g/mol. The zero-order valence-electron chi connectivity index (χ0n) is 15.1. The summed E-state index contributed by atoms with van der Waals surface area (Å²) in [5.41, 5.74) is 0.840. The Kier molecular flexibility index (Phi) is 4.93. The molecule has 2 aliphatic heterocycles. The lowest BCUT2D eigenvalue weighted by molar-refractivity contribution is 0.249. The molecule has 0 spiro atoms. The molecule has 136 valence electrons. The maximum absolute atomic E-state index is 14.0. The highest BCUT2D eigenvalue weighted by atomic mass is 19.1. The summed E-state index contributed by atoms with van der Waals surface area (Å²) in [5, 5.41) is 3.61. The van der Waals surface area contributed by atoms with Crippen LogP contribution in [0.25, 0.3) is 0 Å².